The van der Waals surface area contributed by atoms with Gasteiger partial charge in [-0.15, -0.1) is 56.9 Å². The van der Waals surface area contributed by atoms with Crippen molar-refractivity contribution < 1.29 is 48.1 Å². The van der Waals surface area contributed by atoms with E-state index in [4.69, 9.17) is 0 Å². The van der Waals surface area contributed by atoms with Gasteiger partial charge in [0, 0.05) is 0 Å². The minimum absolute atomic E-state index is 0. The Balaban J connectivity index is -0.000000400. The van der Waals surface area contributed by atoms with E-state index in [9.17, 15) is 0 Å². The van der Waals surface area contributed by atoms with Gasteiger partial charge in [0.15, 0.2) is 0 Å². The van der Waals surface area contributed by atoms with Gasteiger partial charge >= 0.3 is 30.2 Å². The third kappa shape index (κ3) is 8.46. The normalized spacial score (nSPS) is 8.93. The summed E-state index contributed by atoms with van der Waals surface area (Å²) in [5.74, 6) is 0. The number of halogens is 2. The fourth-order valence-electron chi connectivity index (χ4n) is 3.69. The van der Waals surface area contributed by atoms with Gasteiger partial charge in [-0.25, -0.2) is 0 Å². The summed E-state index contributed by atoms with van der Waals surface area (Å²) in [6, 6.07) is 18.0. The van der Waals surface area contributed by atoms with Gasteiger partial charge in [0.2, 0.25) is 0 Å². The van der Waals surface area contributed by atoms with Crippen molar-refractivity contribution in [3.05, 3.63) is 96.8 Å². The molecule has 0 saturated carbocycles. The Bertz CT molecular complexity index is 960. The minimum atomic E-state index is 0. The molecule has 4 aromatic rings. The summed E-state index contributed by atoms with van der Waals surface area (Å²) in [7, 11) is 0. The van der Waals surface area contributed by atoms with Gasteiger partial charge in [-0.05, 0) is 27.7 Å². The molecule has 4 rings (SSSR count). The topological polar surface area (TPSA) is 0 Å². The molecular formula is C26H32Cl2SiZr-4. The molecule has 0 aliphatic heterocycles. The molecule has 0 fully saturated rings. The van der Waals surface area contributed by atoms with Crippen molar-refractivity contribution in [1.29, 1.82) is 0 Å². The van der Waals surface area contributed by atoms with Crippen LogP contribution in [-0.2, 0) is 23.3 Å². The standard InChI is InChI=1S/2C12H13.2CH3.2ClH.Si.Zr/c2*1-8-4-10(3)12-7-9(2)6-11(12)5-8;;;;;;/h2*4-7H,1-3H3;2*1H3;2*1H;;/q4*-1;;;;+2/p-2. The van der Waals surface area contributed by atoms with Crippen LogP contribution in [0.3, 0.4) is 0 Å². The van der Waals surface area contributed by atoms with E-state index in [2.05, 4.69) is 97.0 Å². The zero-order valence-electron chi connectivity index (χ0n) is 19.4. The first-order valence-electron chi connectivity index (χ1n) is 8.87. The monoisotopic (exact) mass is 532 g/mol. The van der Waals surface area contributed by atoms with E-state index in [0.717, 1.165) is 0 Å². The van der Waals surface area contributed by atoms with Gasteiger partial charge in [0.05, 0.1) is 0 Å². The molecule has 2 radical (unpaired) electrons. The predicted octanol–water partition coefficient (Wildman–Crippen LogP) is 1.49. The maximum absolute atomic E-state index is 3.06. The summed E-state index contributed by atoms with van der Waals surface area (Å²) in [5, 5.41) is 5.56. The molecule has 0 aliphatic rings. The summed E-state index contributed by atoms with van der Waals surface area (Å²) in [6.45, 7) is 16.0. The van der Waals surface area contributed by atoms with Crippen LogP contribution in [0, 0.1) is 56.4 Å². The van der Waals surface area contributed by atoms with Crippen LogP contribution < -0.4 is 24.8 Å². The van der Waals surface area contributed by atoms with E-state index >= 15 is 0 Å². The molecule has 4 heteroatoms. The van der Waals surface area contributed by atoms with Crippen LogP contribution in [0.4, 0.5) is 0 Å². The third-order valence-corrected chi connectivity index (χ3v) is 4.64. The van der Waals surface area contributed by atoms with Crippen LogP contribution in [0.1, 0.15) is 33.4 Å². The second kappa shape index (κ2) is 15.2. The number of benzene rings is 2. The van der Waals surface area contributed by atoms with Crippen molar-refractivity contribution in [2.45, 2.75) is 41.5 Å². The van der Waals surface area contributed by atoms with Gasteiger partial charge in [-0.1, -0.05) is 48.2 Å². The quantitative estimate of drug-likeness (QED) is 0.237. The number of hydrogen-bond donors (Lipinski definition) is 0. The average Bonchev–Trinajstić information content (AvgIpc) is 3.12. The number of aryl methyl sites for hydroxylation is 6. The number of rotatable bonds is 0. The molecule has 0 heterocycles. The first kappa shape index (κ1) is 34.0. The van der Waals surface area contributed by atoms with Crippen LogP contribution in [0.2, 0.25) is 0 Å². The summed E-state index contributed by atoms with van der Waals surface area (Å²) < 4.78 is 0. The summed E-state index contributed by atoms with van der Waals surface area (Å²) in [6.07, 6.45) is 0. The second-order valence-corrected chi connectivity index (χ2v) is 7.23. The summed E-state index contributed by atoms with van der Waals surface area (Å²) in [5.41, 5.74) is 8.20. The molecular weight excluding hydrogens is 503 g/mol. The molecule has 0 aromatic heterocycles. The SMILES string of the molecule is Cc1cc(C)c2cc(C)[cH-]c2c1.Cc1cc(C)c2cc(C)[cH-]c2c1.[CH3-].[CH3-].[Cl-].[Cl-].[Si]=[Zr+2]. The fourth-order valence-corrected chi connectivity index (χ4v) is 3.69. The molecule has 0 unspecified atom stereocenters. The van der Waals surface area contributed by atoms with Crippen molar-refractivity contribution in [1.82, 2.24) is 0 Å². The Labute approximate surface area is 213 Å². The molecule has 30 heavy (non-hydrogen) atoms. The molecule has 0 aliphatic carbocycles. The molecule has 0 amide bonds. The Hall–Kier alpha value is -0.660. The van der Waals surface area contributed by atoms with E-state index in [-0.39, 0.29) is 39.7 Å². The van der Waals surface area contributed by atoms with Gasteiger partial charge in [-0.2, -0.15) is 12.1 Å². The van der Waals surface area contributed by atoms with Gasteiger partial charge < -0.3 is 39.7 Å². The molecule has 0 atom stereocenters. The average molecular weight is 535 g/mol. The van der Waals surface area contributed by atoms with Crippen molar-refractivity contribution in [3.63, 3.8) is 0 Å². The third-order valence-electron chi connectivity index (χ3n) is 4.64. The van der Waals surface area contributed by atoms with Gasteiger partial charge in [0.1, 0.15) is 0 Å². The van der Waals surface area contributed by atoms with Crippen molar-refractivity contribution in [3.8, 4) is 0 Å². The first-order valence-corrected chi connectivity index (χ1v) is 13.1. The molecule has 162 valence electrons. The van der Waals surface area contributed by atoms with E-state index < -0.39 is 0 Å². The predicted molar refractivity (Wildman–Crippen MR) is 126 cm³/mol. The fraction of sp³-hybridized carbons (Fsp3) is 0.231. The number of hydrogen-bond acceptors (Lipinski definition) is 0. The molecule has 0 N–H and O–H groups in total. The van der Waals surface area contributed by atoms with Crippen molar-refractivity contribution in [2.24, 2.45) is 0 Å². The summed E-state index contributed by atoms with van der Waals surface area (Å²) >= 11 is 1.36. The number of fused-ring (bicyclic) bond motifs is 2. The second-order valence-electron chi connectivity index (χ2n) is 7.23. The summed E-state index contributed by atoms with van der Waals surface area (Å²) in [4.78, 5) is 0. The Morgan fingerprint density at radius 2 is 0.867 bits per heavy atom. The molecule has 4 aromatic carbocycles. The van der Waals surface area contributed by atoms with Crippen LogP contribution >= 0.6 is 0 Å². The van der Waals surface area contributed by atoms with Gasteiger partial charge in [-0.3, -0.25) is 0 Å². The van der Waals surface area contributed by atoms with Crippen LogP contribution in [-0.4, -0.2) is 6.88 Å². The van der Waals surface area contributed by atoms with Crippen LogP contribution in [0.25, 0.3) is 21.5 Å². The van der Waals surface area contributed by atoms with E-state index in [1.54, 1.807) is 0 Å². The van der Waals surface area contributed by atoms with E-state index in [0.29, 0.717) is 0 Å². The molecule has 0 bridgehead atoms. The molecule has 0 nitrogen and oxygen atoms in total. The molecule has 0 spiro atoms. The maximum atomic E-state index is 3.06. The zero-order valence-corrected chi connectivity index (χ0v) is 24.3. The Morgan fingerprint density at radius 3 is 1.17 bits per heavy atom. The Morgan fingerprint density at radius 1 is 0.567 bits per heavy atom. The zero-order chi connectivity index (χ0) is 19.4. The van der Waals surface area contributed by atoms with Crippen LogP contribution in [0.5, 0.6) is 0 Å². The van der Waals surface area contributed by atoms with Crippen molar-refractivity contribution in [2.75, 3.05) is 0 Å². The first-order chi connectivity index (χ1) is 12.3. The van der Waals surface area contributed by atoms with Crippen LogP contribution in [0.15, 0.2) is 48.5 Å². The Kier molecular flexibility index (Phi) is 17.2. The van der Waals surface area contributed by atoms with Crippen molar-refractivity contribution >= 4 is 28.4 Å². The van der Waals surface area contributed by atoms with Gasteiger partial charge in [0.25, 0.3) is 0 Å². The molecule has 0 saturated heterocycles. The van der Waals surface area contributed by atoms with E-state index in [1.165, 1.54) is 78.3 Å². The van der Waals surface area contributed by atoms with E-state index in [1.807, 2.05) is 0 Å².